The zero-order chi connectivity index (χ0) is 13.0. The molecule has 1 aromatic rings. The molecule has 2 rings (SSSR count). The molecule has 0 radical (unpaired) electrons. The molecular weight excluding hydrogens is 252 g/mol. The Kier molecular flexibility index (Phi) is 4.58. The van der Waals surface area contributed by atoms with Crippen LogP contribution in [0.3, 0.4) is 0 Å². The second-order valence-electron chi connectivity index (χ2n) is 4.68. The second-order valence-corrected chi connectivity index (χ2v) is 5.11. The van der Waals surface area contributed by atoms with Crippen LogP contribution in [0.15, 0.2) is 24.3 Å². The monoisotopic (exact) mass is 268 g/mol. The van der Waals surface area contributed by atoms with Crippen LogP contribution < -0.4 is 5.48 Å². The van der Waals surface area contributed by atoms with Gasteiger partial charge in [-0.2, -0.15) is 0 Å². The Morgan fingerprint density at radius 2 is 2.17 bits per heavy atom. The third-order valence-electron chi connectivity index (χ3n) is 3.31. The lowest BCUT2D eigenvalue weighted by Gasteiger charge is -2.31. The average molecular weight is 269 g/mol. The predicted molar refractivity (Wildman–Crippen MR) is 69.4 cm³/mol. The maximum Gasteiger partial charge on any atom is 0.247 e. The van der Waals surface area contributed by atoms with E-state index in [0.29, 0.717) is 6.54 Å². The predicted octanol–water partition coefficient (Wildman–Crippen LogP) is 2.06. The van der Waals surface area contributed by atoms with Gasteiger partial charge >= 0.3 is 0 Å². The Morgan fingerprint density at radius 1 is 1.44 bits per heavy atom. The van der Waals surface area contributed by atoms with Crippen LogP contribution in [-0.4, -0.2) is 29.1 Å². The first-order valence-electron chi connectivity index (χ1n) is 6.10. The molecule has 1 aliphatic rings. The Balaban J connectivity index is 1.93. The zero-order valence-electron chi connectivity index (χ0n) is 10.1. The van der Waals surface area contributed by atoms with Gasteiger partial charge in [0.25, 0.3) is 0 Å². The number of hydroxylamine groups is 1. The Labute approximate surface area is 112 Å². The van der Waals surface area contributed by atoms with Crippen molar-refractivity contribution in [2.24, 2.45) is 5.92 Å². The van der Waals surface area contributed by atoms with Crippen molar-refractivity contribution in [2.75, 3.05) is 13.1 Å². The highest BCUT2D eigenvalue weighted by Gasteiger charge is 2.25. The third-order valence-corrected chi connectivity index (χ3v) is 3.56. The fourth-order valence-corrected chi connectivity index (χ4v) is 2.48. The second kappa shape index (κ2) is 6.18. The van der Waals surface area contributed by atoms with Gasteiger partial charge in [-0.15, -0.1) is 0 Å². The van der Waals surface area contributed by atoms with E-state index in [-0.39, 0.29) is 11.8 Å². The molecule has 4 nitrogen and oxygen atoms in total. The molecule has 0 saturated carbocycles. The number of piperidine rings is 1. The minimum atomic E-state index is -0.282. The summed E-state index contributed by atoms with van der Waals surface area (Å²) in [4.78, 5) is 13.6. The zero-order valence-corrected chi connectivity index (χ0v) is 10.9. The molecule has 1 aliphatic heterocycles. The first-order valence-corrected chi connectivity index (χ1v) is 6.47. The molecule has 1 atom stereocenters. The van der Waals surface area contributed by atoms with Crippen LogP contribution in [0.25, 0.3) is 0 Å². The summed E-state index contributed by atoms with van der Waals surface area (Å²) in [6.07, 6.45) is 1.81. The van der Waals surface area contributed by atoms with E-state index in [0.717, 1.165) is 31.0 Å². The summed E-state index contributed by atoms with van der Waals surface area (Å²) >= 11 is 5.84. The van der Waals surface area contributed by atoms with Gasteiger partial charge in [-0.25, -0.2) is 5.48 Å². The largest absolute Gasteiger partial charge is 0.298 e. The first kappa shape index (κ1) is 13.3. The molecule has 1 aromatic carbocycles. The molecule has 1 saturated heterocycles. The molecule has 0 spiro atoms. The van der Waals surface area contributed by atoms with Gasteiger partial charge in [-0.1, -0.05) is 23.7 Å². The van der Waals surface area contributed by atoms with Crippen LogP contribution in [-0.2, 0) is 11.3 Å². The first-order chi connectivity index (χ1) is 8.69. The van der Waals surface area contributed by atoms with Gasteiger partial charge in [0.05, 0.1) is 5.92 Å². The number of carbonyl (C=O) groups excluding carboxylic acids is 1. The van der Waals surface area contributed by atoms with E-state index in [1.807, 2.05) is 24.3 Å². The van der Waals surface area contributed by atoms with E-state index in [1.165, 1.54) is 5.56 Å². The van der Waals surface area contributed by atoms with E-state index in [4.69, 9.17) is 16.8 Å². The van der Waals surface area contributed by atoms with Crippen LogP contribution in [0.1, 0.15) is 18.4 Å². The van der Waals surface area contributed by atoms with E-state index in [9.17, 15) is 4.79 Å². The summed E-state index contributed by atoms with van der Waals surface area (Å²) in [7, 11) is 0. The van der Waals surface area contributed by atoms with Crippen molar-refractivity contribution in [1.82, 2.24) is 10.4 Å². The summed E-state index contributed by atoms with van der Waals surface area (Å²) in [6.45, 7) is 2.49. The molecule has 0 aromatic heterocycles. The molecule has 1 heterocycles. The van der Waals surface area contributed by atoms with Crippen LogP contribution >= 0.6 is 11.6 Å². The maximum absolute atomic E-state index is 11.4. The van der Waals surface area contributed by atoms with Gasteiger partial charge in [0, 0.05) is 18.1 Å². The quantitative estimate of drug-likeness (QED) is 0.652. The number of hydrogen-bond acceptors (Lipinski definition) is 3. The fraction of sp³-hybridized carbons (Fsp3) is 0.462. The molecule has 18 heavy (non-hydrogen) atoms. The molecule has 0 bridgehead atoms. The summed E-state index contributed by atoms with van der Waals surface area (Å²) in [5.41, 5.74) is 2.93. The highest BCUT2D eigenvalue weighted by Crippen LogP contribution is 2.19. The summed E-state index contributed by atoms with van der Waals surface area (Å²) in [6, 6.07) is 7.74. The Morgan fingerprint density at radius 3 is 2.83 bits per heavy atom. The number of rotatable bonds is 3. The molecular formula is C13H17ClN2O2. The number of amides is 1. The molecule has 1 amide bonds. The third kappa shape index (κ3) is 3.45. The van der Waals surface area contributed by atoms with Crippen LogP contribution in [0, 0.1) is 5.92 Å². The van der Waals surface area contributed by atoms with Gasteiger partial charge in [-0.05, 0) is 37.1 Å². The van der Waals surface area contributed by atoms with E-state index in [2.05, 4.69) is 4.90 Å². The number of nitrogens with zero attached hydrogens (tertiary/aromatic N) is 1. The topological polar surface area (TPSA) is 52.6 Å². The number of carbonyl (C=O) groups is 1. The van der Waals surface area contributed by atoms with Gasteiger partial charge in [0.1, 0.15) is 0 Å². The van der Waals surface area contributed by atoms with Crippen LogP contribution in [0.5, 0.6) is 0 Å². The molecule has 98 valence electrons. The number of halogens is 1. The standard InChI is InChI=1S/C13H17ClN2O2/c14-12-5-3-10(4-6-12)8-16-7-1-2-11(9-16)13(17)15-18/h3-6,11,18H,1-2,7-9H2,(H,15,17). The maximum atomic E-state index is 11.4. The van der Waals surface area contributed by atoms with Crippen molar-refractivity contribution in [3.8, 4) is 0 Å². The van der Waals surface area contributed by atoms with Gasteiger partial charge in [0.15, 0.2) is 0 Å². The van der Waals surface area contributed by atoms with Gasteiger partial charge < -0.3 is 0 Å². The Bertz CT molecular complexity index is 408. The van der Waals surface area contributed by atoms with Crippen molar-refractivity contribution in [1.29, 1.82) is 0 Å². The molecule has 1 fully saturated rings. The summed E-state index contributed by atoms with van der Waals surface area (Å²) in [5, 5.41) is 9.39. The normalized spacial score (nSPS) is 20.7. The number of hydrogen-bond donors (Lipinski definition) is 2. The molecule has 5 heteroatoms. The molecule has 1 unspecified atom stereocenters. The van der Waals surface area contributed by atoms with Gasteiger partial charge in [-0.3, -0.25) is 14.9 Å². The van der Waals surface area contributed by atoms with Crippen molar-refractivity contribution in [3.63, 3.8) is 0 Å². The van der Waals surface area contributed by atoms with Crippen molar-refractivity contribution in [3.05, 3.63) is 34.9 Å². The van der Waals surface area contributed by atoms with Gasteiger partial charge in [0.2, 0.25) is 5.91 Å². The lowest BCUT2D eigenvalue weighted by atomic mass is 9.97. The fourth-order valence-electron chi connectivity index (χ4n) is 2.35. The SMILES string of the molecule is O=C(NO)C1CCCN(Cc2ccc(Cl)cc2)C1. The van der Waals surface area contributed by atoms with E-state index < -0.39 is 0 Å². The van der Waals surface area contributed by atoms with Crippen molar-refractivity contribution < 1.29 is 10.0 Å². The molecule has 2 N–H and O–H groups in total. The van der Waals surface area contributed by atoms with Crippen molar-refractivity contribution in [2.45, 2.75) is 19.4 Å². The Hall–Kier alpha value is -1.10. The average Bonchev–Trinajstić information content (AvgIpc) is 2.41. The number of nitrogens with one attached hydrogen (secondary N) is 1. The lowest BCUT2D eigenvalue weighted by Crippen LogP contribution is -2.41. The van der Waals surface area contributed by atoms with Crippen molar-refractivity contribution >= 4 is 17.5 Å². The minimum absolute atomic E-state index is 0.115. The van der Waals surface area contributed by atoms with E-state index in [1.54, 1.807) is 5.48 Å². The van der Waals surface area contributed by atoms with E-state index >= 15 is 0 Å². The van der Waals surface area contributed by atoms with Crippen LogP contribution in [0.2, 0.25) is 5.02 Å². The van der Waals surface area contributed by atoms with Crippen LogP contribution in [0.4, 0.5) is 0 Å². The number of likely N-dealkylation sites (tertiary alicyclic amines) is 1. The summed E-state index contributed by atoms with van der Waals surface area (Å²) < 4.78 is 0. The minimum Gasteiger partial charge on any atom is -0.298 e. The summed E-state index contributed by atoms with van der Waals surface area (Å²) in [5.74, 6) is -0.396. The highest BCUT2D eigenvalue weighted by molar-refractivity contribution is 6.30. The number of benzene rings is 1. The molecule has 0 aliphatic carbocycles. The lowest BCUT2D eigenvalue weighted by molar-refractivity contribution is -0.135. The highest BCUT2D eigenvalue weighted by atomic mass is 35.5. The smallest absolute Gasteiger partial charge is 0.247 e.